The van der Waals surface area contributed by atoms with Gasteiger partial charge in [-0.15, -0.1) is 11.3 Å². The van der Waals surface area contributed by atoms with Crippen molar-refractivity contribution in [1.82, 2.24) is 20.4 Å². The number of carbonyl (C=O) groups excluding carboxylic acids is 1. The summed E-state index contributed by atoms with van der Waals surface area (Å²) in [5.41, 5.74) is 0.465. The molecule has 0 atom stereocenters. The number of phenols is 1. The molecule has 162 valence electrons. The van der Waals surface area contributed by atoms with Gasteiger partial charge in [-0.2, -0.15) is 0 Å². The van der Waals surface area contributed by atoms with Crippen LogP contribution in [0.25, 0.3) is 0 Å². The van der Waals surface area contributed by atoms with E-state index < -0.39 is 0 Å². The average molecular weight is 430 g/mol. The van der Waals surface area contributed by atoms with Crippen LogP contribution in [0, 0.1) is 0 Å². The van der Waals surface area contributed by atoms with Gasteiger partial charge < -0.3 is 20.6 Å². The third-order valence-electron chi connectivity index (χ3n) is 4.96. The molecule has 30 heavy (non-hydrogen) atoms. The smallest absolute Gasteiger partial charge is 0.251 e. The minimum atomic E-state index is -0.177. The third kappa shape index (κ3) is 6.74. The fraction of sp³-hybridized carbons (Fsp3) is 0.455. The van der Waals surface area contributed by atoms with E-state index >= 15 is 0 Å². The lowest BCUT2D eigenvalue weighted by molar-refractivity contribution is 0.0953. The van der Waals surface area contributed by atoms with E-state index in [-0.39, 0.29) is 11.7 Å². The maximum absolute atomic E-state index is 12.1. The van der Waals surface area contributed by atoms with Crippen LogP contribution in [0.15, 0.2) is 46.8 Å². The van der Waals surface area contributed by atoms with Crippen molar-refractivity contribution in [2.45, 2.75) is 19.9 Å². The van der Waals surface area contributed by atoms with Crippen LogP contribution in [0.5, 0.6) is 5.75 Å². The zero-order valence-electron chi connectivity index (χ0n) is 17.5. The molecule has 0 spiro atoms. The summed E-state index contributed by atoms with van der Waals surface area (Å²) >= 11 is 1.82. The molecule has 1 amide bonds. The topological polar surface area (TPSA) is 80.2 Å². The molecule has 8 heteroatoms. The number of carbonyl (C=O) groups is 1. The molecule has 1 saturated heterocycles. The number of aliphatic imine (C=N–C) groups is 1. The fourth-order valence-electron chi connectivity index (χ4n) is 3.38. The van der Waals surface area contributed by atoms with Gasteiger partial charge in [-0.3, -0.25) is 14.7 Å². The number of hydrogen-bond donors (Lipinski definition) is 3. The summed E-state index contributed by atoms with van der Waals surface area (Å²) in [6.07, 6.45) is 0.762. The molecular weight excluding hydrogens is 398 g/mol. The van der Waals surface area contributed by atoms with Crippen molar-refractivity contribution >= 4 is 23.2 Å². The number of hydrogen-bond acceptors (Lipinski definition) is 5. The zero-order valence-corrected chi connectivity index (χ0v) is 18.3. The van der Waals surface area contributed by atoms with Gasteiger partial charge in [-0.25, -0.2) is 0 Å². The highest BCUT2D eigenvalue weighted by Crippen LogP contribution is 2.14. The van der Waals surface area contributed by atoms with E-state index in [0.717, 1.165) is 51.6 Å². The molecule has 1 fully saturated rings. The molecule has 3 rings (SSSR count). The first kappa shape index (κ1) is 22.1. The first-order valence-corrected chi connectivity index (χ1v) is 11.4. The molecule has 0 aliphatic carbocycles. The Bertz CT molecular complexity index is 817. The molecular formula is C22H31N5O2S. The van der Waals surface area contributed by atoms with Crippen LogP contribution in [-0.4, -0.2) is 72.6 Å². The summed E-state index contributed by atoms with van der Waals surface area (Å²) in [6, 6.07) is 10.7. The molecule has 1 aliphatic rings. The Kier molecular flexibility index (Phi) is 8.53. The quantitative estimate of drug-likeness (QED) is 0.341. The number of piperazine rings is 1. The van der Waals surface area contributed by atoms with Gasteiger partial charge in [0.25, 0.3) is 5.91 Å². The lowest BCUT2D eigenvalue weighted by atomic mass is 10.2. The van der Waals surface area contributed by atoms with Crippen LogP contribution in [0.3, 0.4) is 0 Å². The lowest BCUT2D eigenvalue weighted by Gasteiger charge is -2.36. The standard InChI is InChI=1S/C22H31N5O2S/c1-2-23-22(27-13-11-26(12-14-27)17-20-8-4-15-30-20)25-10-5-9-24-21(29)18-6-3-7-19(28)16-18/h3-4,6-8,15-16,28H,2,5,9-14,17H2,1H3,(H,23,25)(H,24,29). The minimum absolute atomic E-state index is 0.0954. The van der Waals surface area contributed by atoms with Gasteiger partial charge in [0.1, 0.15) is 5.75 Å². The summed E-state index contributed by atoms with van der Waals surface area (Å²) in [5, 5.41) is 17.9. The van der Waals surface area contributed by atoms with Crippen molar-refractivity contribution in [1.29, 1.82) is 0 Å². The van der Waals surface area contributed by atoms with Gasteiger partial charge in [-0.1, -0.05) is 12.1 Å². The van der Waals surface area contributed by atoms with E-state index in [2.05, 4.69) is 44.9 Å². The number of nitrogens with one attached hydrogen (secondary N) is 2. The Morgan fingerprint density at radius 3 is 2.70 bits per heavy atom. The van der Waals surface area contributed by atoms with Crippen LogP contribution >= 0.6 is 11.3 Å². The summed E-state index contributed by atoms with van der Waals surface area (Å²) in [6.45, 7) is 9.13. The number of guanidine groups is 1. The van der Waals surface area contributed by atoms with E-state index in [1.165, 1.54) is 10.9 Å². The van der Waals surface area contributed by atoms with E-state index in [1.807, 2.05) is 11.3 Å². The molecule has 0 unspecified atom stereocenters. The Hall–Kier alpha value is -2.58. The van der Waals surface area contributed by atoms with Crippen molar-refractivity contribution in [3.05, 3.63) is 52.2 Å². The molecule has 7 nitrogen and oxygen atoms in total. The predicted octanol–water partition coefficient (Wildman–Crippen LogP) is 2.36. The second-order valence-electron chi connectivity index (χ2n) is 7.24. The molecule has 0 bridgehead atoms. The van der Waals surface area contributed by atoms with E-state index in [1.54, 1.807) is 18.2 Å². The summed E-state index contributed by atoms with van der Waals surface area (Å²) in [4.78, 5) is 23.1. The number of benzene rings is 1. The second kappa shape index (κ2) is 11.6. The first-order chi connectivity index (χ1) is 14.7. The van der Waals surface area contributed by atoms with Gasteiger partial charge >= 0.3 is 0 Å². The maximum Gasteiger partial charge on any atom is 0.251 e. The van der Waals surface area contributed by atoms with Crippen molar-refractivity contribution in [2.24, 2.45) is 4.99 Å². The highest BCUT2D eigenvalue weighted by atomic mass is 32.1. The van der Waals surface area contributed by atoms with Gasteiger partial charge in [0.05, 0.1) is 0 Å². The monoisotopic (exact) mass is 429 g/mol. The highest BCUT2D eigenvalue weighted by molar-refractivity contribution is 7.09. The zero-order chi connectivity index (χ0) is 21.2. The summed E-state index contributed by atoms with van der Waals surface area (Å²) in [7, 11) is 0. The molecule has 3 N–H and O–H groups in total. The number of phenolic OH excluding ortho intramolecular Hbond substituents is 1. The summed E-state index contributed by atoms with van der Waals surface area (Å²) < 4.78 is 0. The Morgan fingerprint density at radius 1 is 1.17 bits per heavy atom. The number of rotatable bonds is 8. The van der Waals surface area contributed by atoms with Crippen molar-refractivity contribution in [3.63, 3.8) is 0 Å². The van der Waals surface area contributed by atoms with Crippen LogP contribution in [-0.2, 0) is 6.54 Å². The molecule has 0 saturated carbocycles. The Labute approximate surface area is 182 Å². The Balaban J connectivity index is 1.40. The van der Waals surface area contributed by atoms with Crippen LogP contribution in [0.2, 0.25) is 0 Å². The minimum Gasteiger partial charge on any atom is -0.508 e. The van der Waals surface area contributed by atoms with Crippen LogP contribution in [0.1, 0.15) is 28.6 Å². The number of aromatic hydroxyl groups is 1. The fourth-order valence-corrected chi connectivity index (χ4v) is 4.13. The van der Waals surface area contributed by atoms with Gasteiger partial charge in [0, 0.05) is 62.8 Å². The molecule has 1 aliphatic heterocycles. The lowest BCUT2D eigenvalue weighted by Crippen LogP contribution is -2.52. The number of thiophene rings is 1. The van der Waals surface area contributed by atoms with E-state index in [4.69, 9.17) is 4.99 Å². The van der Waals surface area contributed by atoms with Gasteiger partial charge in [0.15, 0.2) is 5.96 Å². The molecule has 2 aromatic rings. The summed E-state index contributed by atoms with van der Waals surface area (Å²) in [5.74, 6) is 0.870. The normalized spacial score (nSPS) is 15.2. The average Bonchev–Trinajstić information content (AvgIpc) is 3.26. The first-order valence-electron chi connectivity index (χ1n) is 10.5. The largest absolute Gasteiger partial charge is 0.508 e. The predicted molar refractivity (Wildman–Crippen MR) is 122 cm³/mol. The van der Waals surface area contributed by atoms with Crippen LogP contribution in [0.4, 0.5) is 0 Å². The second-order valence-corrected chi connectivity index (χ2v) is 8.27. The maximum atomic E-state index is 12.1. The number of nitrogens with zero attached hydrogens (tertiary/aromatic N) is 3. The molecule has 2 heterocycles. The van der Waals surface area contributed by atoms with E-state index in [0.29, 0.717) is 18.7 Å². The molecule has 1 aromatic carbocycles. The molecule has 0 radical (unpaired) electrons. The van der Waals surface area contributed by atoms with Crippen molar-refractivity contribution in [3.8, 4) is 5.75 Å². The van der Waals surface area contributed by atoms with Gasteiger partial charge in [0.2, 0.25) is 0 Å². The third-order valence-corrected chi connectivity index (χ3v) is 5.82. The Morgan fingerprint density at radius 2 is 2.00 bits per heavy atom. The van der Waals surface area contributed by atoms with Crippen molar-refractivity contribution < 1.29 is 9.90 Å². The van der Waals surface area contributed by atoms with Crippen molar-refractivity contribution in [2.75, 3.05) is 45.8 Å². The molecule has 1 aromatic heterocycles. The van der Waals surface area contributed by atoms with E-state index in [9.17, 15) is 9.90 Å². The number of amides is 1. The SMILES string of the molecule is CCNC(=NCCCNC(=O)c1cccc(O)c1)N1CCN(Cc2cccs2)CC1. The highest BCUT2D eigenvalue weighted by Gasteiger charge is 2.19. The van der Waals surface area contributed by atoms with Crippen LogP contribution < -0.4 is 10.6 Å². The van der Waals surface area contributed by atoms with Gasteiger partial charge in [-0.05, 0) is 43.0 Å².